The van der Waals surface area contributed by atoms with Crippen molar-refractivity contribution in [2.24, 2.45) is 0 Å². The van der Waals surface area contributed by atoms with Crippen molar-refractivity contribution >= 4 is 50.2 Å². The van der Waals surface area contributed by atoms with Crippen LogP contribution in [0.3, 0.4) is 0 Å². The third-order valence-electron chi connectivity index (χ3n) is 2.47. The fraction of sp³-hybridized carbons (Fsp3) is 0.167. The first-order valence-corrected chi connectivity index (χ1v) is 8.74. The summed E-state index contributed by atoms with van der Waals surface area (Å²) in [5.41, 5.74) is 0.303. The SMILES string of the molecule is CNCc1cc(S(=O)(=O)Nc2ccc(Cl)cc2Cl)cs1. The van der Waals surface area contributed by atoms with E-state index in [0.717, 1.165) is 4.88 Å². The summed E-state index contributed by atoms with van der Waals surface area (Å²) in [7, 11) is -1.84. The molecule has 2 aromatic rings. The molecule has 20 heavy (non-hydrogen) atoms. The van der Waals surface area contributed by atoms with Crippen LogP contribution in [0.5, 0.6) is 0 Å². The number of hydrogen-bond donors (Lipinski definition) is 2. The van der Waals surface area contributed by atoms with Crippen LogP contribution >= 0.6 is 34.5 Å². The van der Waals surface area contributed by atoms with E-state index in [1.54, 1.807) is 24.6 Å². The molecule has 0 saturated heterocycles. The Hall–Kier alpha value is -0.790. The molecule has 0 radical (unpaired) electrons. The predicted octanol–water partition coefficient (Wildman–Crippen LogP) is 3.58. The third-order valence-corrected chi connectivity index (χ3v) is 5.45. The van der Waals surface area contributed by atoms with E-state index >= 15 is 0 Å². The molecule has 1 heterocycles. The van der Waals surface area contributed by atoms with E-state index in [2.05, 4.69) is 10.0 Å². The first-order valence-electron chi connectivity index (χ1n) is 5.62. The van der Waals surface area contributed by atoms with Crippen LogP contribution in [-0.4, -0.2) is 15.5 Å². The van der Waals surface area contributed by atoms with Gasteiger partial charge in [0.1, 0.15) is 0 Å². The number of sulfonamides is 1. The molecule has 8 heteroatoms. The quantitative estimate of drug-likeness (QED) is 0.866. The lowest BCUT2D eigenvalue weighted by Gasteiger charge is -2.08. The molecule has 2 N–H and O–H groups in total. The molecule has 4 nitrogen and oxygen atoms in total. The van der Waals surface area contributed by atoms with E-state index in [-0.39, 0.29) is 9.92 Å². The molecule has 1 aromatic heterocycles. The molecule has 0 spiro atoms. The molecule has 0 aliphatic rings. The van der Waals surface area contributed by atoms with E-state index in [1.165, 1.54) is 23.5 Å². The van der Waals surface area contributed by atoms with Gasteiger partial charge in [-0.25, -0.2) is 8.42 Å². The predicted molar refractivity (Wildman–Crippen MR) is 84.4 cm³/mol. The average molecular weight is 351 g/mol. The van der Waals surface area contributed by atoms with Gasteiger partial charge in [0.2, 0.25) is 0 Å². The highest BCUT2D eigenvalue weighted by Gasteiger charge is 2.17. The van der Waals surface area contributed by atoms with Crippen molar-refractivity contribution < 1.29 is 8.42 Å². The van der Waals surface area contributed by atoms with Gasteiger partial charge in [-0.05, 0) is 31.3 Å². The van der Waals surface area contributed by atoms with E-state index in [0.29, 0.717) is 17.3 Å². The van der Waals surface area contributed by atoms with E-state index in [1.807, 2.05) is 0 Å². The summed E-state index contributed by atoms with van der Waals surface area (Å²) in [5, 5.41) is 5.27. The van der Waals surface area contributed by atoms with Crippen molar-refractivity contribution in [1.82, 2.24) is 5.32 Å². The van der Waals surface area contributed by atoms with Gasteiger partial charge in [0.25, 0.3) is 10.0 Å². The molecular formula is C12H12Cl2N2O2S2. The second kappa shape index (κ2) is 6.32. The average Bonchev–Trinajstić information content (AvgIpc) is 2.83. The summed E-state index contributed by atoms with van der Waals surface area (Å²) in [5.74, 6) is 0. The number of thiophene rings is 1. The molecule has 0 bridgehead atoms. The number of hydrogen-bond acceptors (Lipinski definition) is 4. The van der Waals surface area contributed by atoms with Gasteiger partial charge in [0, 0.05) is 21.8 Å². The molecule has 0 aliphatic heterocycles. The number of halogens is 2. The zero-order valence-electron chi connectivity index (χ0n) is 10.5. The van der Waals surface area contributed by atoms with Gasteiger partial charge in [-0.1, -0.05) is 23.2 Å². The highest BCUT2D eigenvalue weighted by Crippen LogP contribution is 2.28. The van der Waals surface area contributed by atoms with Gasteiger partial charge < -0.3 is 5.32 Å². The summed E-state index contributed by atoms with van der Waals surface area (Å²) >= 11 is 13.1. The lowest BCUT2D eigenvalue weighted by molar-refractivity contribution is 0.601. The first kappa shape index (κ1) is 15.6. The van der Waals surface area contributed by atoms with Crippen LogP contribution in [0.1, 0.15) is 4.88 Å². The van der Waals surface area contributed by atoms with Crippen LogP contribution in [0.25, 0.3) is 0 Å². The second-order valence-electron chi connectivity index (χ2n) is 4.01. The highest BCUT2D eigenvalue weighted by molar-refractivity contribution is 7.92. The molecule has 0 aliphatic carbocycles. The molecule has 0 saturated carbocycles. The first-order chi connectivity index (χ1) is 9.42. The lowest BCUT2D eigenvalue weighted by Crippen LogP contribution is -2.12. The van der Waals surface area contributed by atoms with Crippen LogP contribution in [0.15, 0.2) is 34.5 Å². The summed E-state index contributed by atoms with van der Waals surface area (Å²) in [6, 6.07) is 6.22. The normalized spacial score (nSPS) is 11.6. The summed E-state index contributed by atoms with van der Waals surface area (Å²) in [6.07, 6.45) is 0. The zero-order chi connectivity index (χ0) is 14.8. The van der Waals surface area contributed by atoms with Crippen LogP contribution < -0.4 is 10.0 Å². The van der Waals surface area contributed by atoms with Crippen molar-refractivity contribution in [3.05, 3.63) is 44.6 Å². The Balaban J connectivity index is 2.26. The number of benzene rings is 1. The molecule has 1 aromatic carbocycles. The minimum Gasteiger partial charge on any atom is -0.315 e. The monoisotopic (exact) mass is 350 g/mol. The van der Waals surface area contributed by atoms with Crippen molar-refractivity contribution in [2.45, 2.75) is 11.4 Å². The third kappa shape index (κ3) is 3.65. The summed E-state index contributed by atoms with van der Waals surface area (Å²) in [4.78, 5) is 1.16. The van der Waals surface area contributed by atoms with Crippen LogP contribution in [-0.2, 0) is 16.6 Å². The van der Waals surface area contributed by atoms with Crippen molar-refractivity contribution in [3.8, 4) is 0 Å². The molecule has 0 fully saturated rings. The van der Waals surface area contributed by atoms with Crippen LogP contribution in [0.4, 0.5) is 5.69 Å². The van der Waals surface area contributed by atoms with Crippen molar-refractivity contribution in [1.29, 1.82) is 0 Å². The zero-order valence-corrected chi connectivity index (χ0v) is 13.6. The largest absolute Gasteiger partial charge is 0.315 e. The Labute approximate surface area is 131 Å². The molecule has 0 amide bonds. The molecule has 0 atom stereocenters. The summed E-state index contributed by atoms with van der Waals surface area (Å²) in [6.45, 7) is 0.627. The van der Waals surface area contributed by atoms with Crippen molar-refractivity contribution in [3.63, 3.8) is 0 Å². The topological polar surface area (TPSA) is 58.2 Å². The summed E-state index contributed by atoms with van der Waals surface area (Å²) < 4.78 is 26.9. The minimum atomic E-state index is -3.64. The van der Waals surface area contributed by atoms with Gasteiger partial charge in [-0.2, -0.15) is 0 Å². The van der Waals surface area contributed by atoms with Crippen LogP contribution in [0, 0.1) is 0 Å². The van der Waals surface area contributed by atoms with Gasteiger partial charge in [-0.15, -0.1) is 11.3 Å². The lowest BCUT2D eigenvalue weighted by atomic mass is 10.3. The van der Waals surface area contributed by atoms with Crippen molar-refractivity contribution in [2.75, 3.05) is 11.8 Å². The number of nitrogens with one attached hydrogen (secondary N) is 2. The Bertz CT molecular complexity index is 714. The van der Waals surface area contributed by atoms with Gasteiger partial charge in [0.05, 0.1) is 15.6 Å². The smallest absolute Gasteiger partial charge is 0.262 e. The highest BCUT2D eigenvalue weighted by atomic mass is 35.5. The fourth-order valence-electron chi connectivity index (χ4n) is 1.54. The fourth-order valence-corrected chi connectivity index (χ4v) is 4.42. The molecule has 0 unspecified atom stereocenters. The van der Waals surface area contributed by atoms with Gasteiger partial charge in [-0.3, -0.25) is 4.72 Å². The number of anilines is 1. The van der Waals surface area contributed by atoms with Crippen LogP contribution in [0.2, 0.25) is 10.0 Å². The second-order valence-corrected chi connectivity index (χ2v) is 7.53. The van der Waals surface area contributed by atoms with E-state index in [4.69, 9.17) is 23.2 Å². The Kier molecular flexibility index (Phi) is 4.93. The Morgan fingerprint density at radius 1 is 1.25 bits per heavy atom. The maximum absolute atomic E-state index is 12.2. The molecular weight excluding hydrogens is 339 g/mol. The number of rotatable bonds is 5. The van der Waals surface area contributed by atoms with Gasteiger partial charge >= 0.3 is 0 Å². The molecule has 2 rings (SSSR count). The minimum absolute atomic E-state index is 0.221. The Morgan fingerprint density at radius 3 is 2.65 bits per heavy atom. The Morgan fingerprint density at radius 2 is 2.00 bits per heavy atom. The standard InChI is InChI=1S/C12H12Cl2N2O2S2/c1-15-6-9-5-10(7-19-9)20(17,18)16-12-3-2-8(13)4-11(12)14/h2-5,7,15-16H,6H2,1H3. The van der Waals surface area contributed by atoms with Gasteiger partial charge in [0.15, 0.2) is 0 Å². The van der Waals surface area contributed by atoms with E-state index in [9.17, 15) is 8.42 Å². The molecule has 108 valence electrons. The maximum atomic E-state index is 12.2. The van der Waals surface area contributed by atoms with E-state index < -0.39 is 10.0 Å². The maximum Gasteiger partial charge on any atom is 0.262 e.